The van der Waals surface area contributed by atoms with Crippen molar-refractivity contribution in [3.63, 3.8) is 0 Å². The Morgan fingerprint density at radius 2 is 2.17 bits per heavy atom. The monoisotopic (exact) mass is 396 g/mol. The van der Waals surface area contributed by atoms with Crippen LogP contribution in [-0.4, -0.2) is 43.0 Å². The molecule has 1 fully saturated rings. The highest BCUT2D eigenvalue weighted by Gasteiger charge is 2.31. The van der Waals surface area contributed by atoms with Gasteiger partial charge in [-0.2, -0.15) is 4.98 Å². The Morgan fingerprint density at radius 3 is 2.87 bits per heavy atom. The summed E-state index contributed by atoms with van der Waals surface area (Å²) in [6, 6.07) is 9.49. The second-order valence-electron chi connectivity index (χ2n) is 5.54. The summed E-state index contributed by atoms with van der Waals surface area (Å²) in [6.07, 6.45) is 2.29. The molecule has 122 valence electrons. The first-order chi connectivity index (χ1) is 10.9. The van der Waals surface area contributed by atoms with E-state index in [-0.39, 0.29) is 17.5 Å². The molecule has 0 amide bonds. The molecule has 3 rings (SSSR count). The lowest BCUT2D eigenvalue weighted by molar-refractivity contribution is 0.600. The van der Waals surface area contributed by atoms with Gasteiger partial charge in [-0.05, 0) is 30.7 Å². The highest BCUT2D eigenvalue weighted by atomic mass is 79.9. The molecule has 1 saturated heterocycles. The predicted molar refractivity (Wildman–Crippen MR) is 94.9 cm³/mol. The number of nitrogens with one attached hydrogen (secondary N) is 1. The average molecular weight is 397 g/mol. The molecule has 1 aromatic heterocycles. The molecule has 0 spiro atoms. The summed E-state index contributed by atoms with van der Waals surface area (Å²) in [5.74, 6) is 1.58. The maximum absolute atomic E-state index is 11.6. The molecule has 6 nitrogen and oxygen atoms in total. The summed E-state index contributed by atoms with van der Waals surface area (Å²) < 4.78 is 24.2. The van der Waals surface area contributed by atoms with Crippen molar-refractivity contribution >= 4 is 43.2 Å². The molecule has 23 heavy (non-hydrogen) atoms. The van der Waals surface area contributed by atoms with E-state index in [1.54, 1.807) is 12.3 Å². The zero-order valence-corrected chi connectivity index (χ0v) is 15.0. The second-order valence-corrected chi connectivity index (χ2v) is 8.69. The molecule has 8 heteroatoms. The number of aromatic nitrogens is 2. The molecule has 1 N–H and O–H groups in total. The van der Waals surface area contributed by atoms with Crippen LogP contribution in [0.5, 0.6) is 0 Å². The molecule has 2 heterocycles. The largest absolute Gasteiger partial charge is 0.340 e. The number of hydrogen-bond acceptors (Lipinski definition) is 6. The zero-order chi connectivity index (χ0) is 16.4. The van der Waals surface area contributed by atoms with Crippen LogP contribution in [0.25, 0.3) is 0 Å². The van der Waals surface area contributed by atoms with Gasteiger partial charge in [0.15, 0.2) is 9.84 Å². The molecular weight excluding hydrogens is 380 g/mol. The minimum atomic E-state index is -2.93. The molecule has 0 saturated carbocycles. The highest BCUT2D eigenvalue weighted by Crippen LogP contribution is 2.23. The number of hydrogen-bond donors (Lipinski definition) is 1. The summed E-state index contributed by atoms with van der Waals surface area (Å²) in [5, 5.41) is 3.22. The first kappa shape index (κ1) is 16.2. The van der Waals surface area contributed by atoms with E-state index >= 15 is 0 Å². The van der Waals surface area contributed by atoms with E-state index < -0.39 is 9.84 Å². The first-order valence-corrected chi connectivity index (χ1v) is 9.83. The van der Waals surface area contributed by atoms with Gasteiger partial charge in [-0.1, -0.05) is 22.0 Å². The van der Waals surface area contributed by atoms with Crippen LogP contribution in [0.3, 0.4) is 0 Å². The normalized spacial score (nSPS) is 19.5. The Balaban J connectivity index is 1.77. The summed E-state index contributed by atoms with van der Waals surface area (Å²) in [6.45, 7) is 0. The standard InChI is InChI=1S/C15H17BrN4O2S/c1-20(13-6-8-23(21,22)10-13)15-17-7-5-14(19-15)18-12-4-2-3-11(16)9-12/h2-5,7,9,13H,6,8,10H2,1H3,(H,17,18,19). The molecule has 1 aliphatic rings. The van der Waals surface area contributed by atoms with E-state index in [4.69, 9.17) is 0 Å². The topological polar surface area (TPSA) is 75.2 Å². The van der Waals surface area contributed by atoms with Gasteiger partial charge >= 0.3 is 0 Å². The van der Waals surface area contributed by atoms with Crippen LogP contribution in [0.15, 0.2) is 41.0 Å². The van der Waals surface area contributed by atoms with Crippen molar-refractivity contribution in [1.82, 2.24) is 9.97 Å². The third kappa shape index (κ3) is 4.00. The van der Waals surface area contributed by atoms with Gasteiger partial charge < -0.3 is 10.2 Å². The quantitative estimate of drug-likeness (QED) is 0.855. The second kappa shape index (κ2) is 6.45. The molecular formula is C15H17BrN4O2S. The Morgan fingerprint density at radius 1 is 1.35 bits per heavy atom. The Kier molecular flexibility index (Phi) is 4.54. The van der Waals surface area contributed by atoms with Crippen LogP contribution in [-0.2, 0) is 9.84 Å². The van der Waals surface area contributed by atoms with Crippen molar-refractivity contribution in [2.45, 2.75) is 12.5 Å². The predicted octanol–water partition coefficient (Wildman–Crippen LogP) is 2.61. The molecule has 0 radical (unpaired) electrons. The van der Waals surface area contributed by atoms with Gasteiger partial charge in [-0.15, -0.1) is 0 Å². The third-order valence-corrected chi connectivity index (χ3v) is 6.06. The van der Waals surface area contributed by atoms with Crippen LogP contribution in [0.2, 0.25) is 0 Å². The lowest BCUT2D eigenvalue weighted by Gasteiger charge is -2.23. The van der Waals surface area contributed by atoms with Crippen LogP contribution < -0.4 is 10.2 Å². The number of sulfone groups is 1. The van der Waals surface area contributed by atoms with Crippen molar-refractivity contribution in [3.8, 4) is 0 Å². The van der Waals surface area contributed by atoms with E-state index in [0.717, 1.165) is 10.2 Å². The van der Waals surface area contributed by atoms with E-state index in [1.165, 1.54) is 0 Å². The van der Waals surface area contributed by atoms with Crippen LogP contribution in [0, 0.1) is 0 Å². The molecule has 1 unspecified atom stereocenters. The molecule has 1 aromatic carbocycles. The van der Waals surface area contributed by atoms with Gasteiger partial charge in [0.2, 0.25) is 5.95 Å². The molecule has 0 aliphatic carbocycles. The smallest absolute Gasteiger partial charge is 0.227 e. The van der Waals surface area contributed by atoms with E-state index in [2.05, 4.69) is 31.2 Å². The van der Waals surface area contributed by atoms with Crippen LogP contribution in [0.1, 0.15) is 6.42 Å². The van der Waals surface area contributed by atoms with Gasteiger partial charge in [0.05, 0.1) is 11.5 Å². The average Bonchev–Trinajstić information content (AvgIpc) is 2.87. The fraction of sp³-hybridized carbons (Fsp3) is 0.333. The molecule has 1 aliphatic heterocycles. The van der Waals surface area contributed by atoms with Crippen molar-refractivity contribution in [3.05, 3.63) is 41.0 Å². The van der Waals surface area contributed by atoms with Crippen molar-refractivity contribution in [1.29, 1.82) is 0 Å². The Hall–Kier alpha value is -1.67. The van der Waals surface area contributed by atoms with E-state index in [0.29, 0.717) is 18.2 Å². The number of benzene rings is 1. The van der Waals surface area contributed by atoms with Crippen LogP contribution in [0.4, 0.5) is 17.5 Å². The summed E-state index contributed by atoms with van der Waals surface area (Å²) >= 11 is 3.43. The maximum Gasteiger partial charge on any atom is 0.227 e. The zero-order valence-electron chi connectivity index (χ0n) is 12.6. The summed E-state index contributed by atoms with van der Waals surface area (Å²) in [7, 11) is -1.09. The first-order valence-electron chi connectivity index (χ1n) is 7.22. The lowest BCUT2D eigenvalue weighted by atomic mass is 10.2. The number of anilines is 3. The van der Waals surface area contributed by atoms with Gasteiger partial charge in [0.1, 0.15) is 5.82 Å². The number of nitrogens with zero attached hydrogens (tertiary/aromatic N) is 3. The molecule has 2 aromatic rings. The van der Waals surface area contributed by atoms with E-state index in [1.807, 2.05) is 36.2 Å². The SMILES string of the molecule is CN(c1nccc(Nc2cccc(Br)c2)n1)C1CCS(=O)(=O)C1. The van der Waals surface area contributed by atoms with Crippen molar-refractivity contribution < 1.29 is 8.42 Å². The van der Waals surface area contributed by atoms with E-state index in [9.17, 15) is 8.42 Å². The number of rotatable bonds is 4. The Bertz CT molecular complexity index is 813. The fourth-order valence-corrected chi connectivity index (χ4v) is 4.72. The fourth-order valence-electron chi connectivity index (χ4n) is 2.55. The Labute approximate surface area is 144 Å². The van der Waals surface area contributed by atoms with Gasteiger partial charge in [-0.25, -0.2) is 13.4 Å². The molecule has 1 atom stereocenters. The highest BCUT2D eigenvalue weighted by molar-refractivity contribution is 9.10. The molecule has 0 bridgehead atoms. The summed E-state index contributed by atoms with van der Waals surface area (Å²) in [5.41, 5.74) is 0.912. The minimum Gasteiger partial charge on any atom is -0.340 e. The van der Waals surface area contributed by atoms with Crippen molar-refractivity contribution in [2.24, 2.45) is 0 Å². The lowest BCUT2D eigenvalue weighted by Crippen LogP contribution is -2.33. The van der Waals surface area contributed by atoms with Gasteiger partial charge in [-0.3, -0.25) is 0 Å². The summed E-state index contributed by atoms with van der Waals surface area (Å²) in [4.78, 5) is 10.6. The maximum atomic E-state index is 11.6. The minimum absolute atomic E-state index is 0.0684. The number of halogens is 1. The van der Waals surface area contributed by atoms with Gasteiger partial charge in [0.25, 0.3) is 0 Å². The van der Waals surface area contributed by atoms with Crippen LogP contribution >= 0.6 is 15.9 Å². The van der Waals surface area contributed by atoms with Crippen molar-refractivity contribution in [2.75, 3.05) is 28.8 Å². The van der Waals surface area contributed by atoms with Gasteiger partial charge in [0, 0.05) is 29.4 Å². The third-order valence-electron chi connectivity index (χ3n) is 3.81.